The van der Waals surface area contributed by atoms with Crippen LogP contribution in [-0.4, -0.2) is 22.1 Å². The molecule has 7 heteroatoms. The lowest BCUT2D eigenvalue weighted by Gasteiger charge is -2.24. The summed E-state index contributed by atoms with van der Waals surface area (Å²) in [6, 6.07) is 0. The highest BCUT2D eigenvalue weighted by Gasteiger charge is 2.35. The lowest BCUT2D eigenvalue weighted by atomic mass is 10.0. The monoisotopic (exact) mass is 324 g/mol. The third-order valence-electron chi connectivity index (χ3n) is 3.74. The van der Waals surface area contributed by atoms with Crippen LogP contribution in [0.3, 0.4) is 0 Å². The average molecular weight is 324 g/mol. The van der Waals surface area contributed by atoms with Crippen molar-refractivity contribution in [3.05, 3.63) is 31.3 Å². The molecule has 0 aliphatic carbocycles. The molecule has 120 valence electrons. The minimum absolute atomic E-state index is 0.189. The molecule has 0 aliphatic heterocycles. The molecule has 0 unspecified atom stereocenters. The van der Waals surface area contributed by atoms with Gasteiger partial charge in [0.1, 0.15) is 10.4 Å². The molecule has 1 N–H and O–H groups in total. The quantitative estimate of drug-likeness (QED) is 0.871. The summed E-state index contributed by atoms with van der Waals surface area (Å²) in [5, 5.41) is 0.488. The van der Waals surface area contributed by atoms with E-state index in [9.17, 15) is 14.4 Å². The molecule has 0 aliphatic rings. The normalized spacial score (nSPS) is 11.9. The zero-order valence-electron chi connectivity index (χ0n) is 13.4. The fourth-order valence-electron chi connectivity index (χ4n) is 2.58. The van der Waals surface area contributed by atoms with Gasteiger partial charge < -0.3 is 4.74 Å². The number of esters is 1. The molecule has 6 nitrogen and oxygen atoms in total. The molecule has 2 aromatic rings. The summed E-state index contributed by atoms with van der Waals surface area (Å²) in [7, 11) is 0. The van der Waals surface area contributed by atoms with Gasteiger partial charge in [0.25, 0.3) is 5.56 Å². The number of nitrogens with one attached hydrogen (secondary N) is 1. The van der Waals surface area contributed by atoms with E-state index in [1.807, 2.05) is 13.8 Å². The summed E-state index contributed by atoms with van der Waals surface area (Å²) in [5.74, 6) is -0.605. The van der Waals surface area contributed by atoms with Crippen molar-refractivity contribution in [3.63, 3.8) is 0 Å². The van der Waals surface area contributed by atoms with Crippen LogP contribution in [0, 0.1) is 6.92 Å². The van der Waals surface area contributed by atoms with Crippen LogP contribution in [-0.2, 0) is 21.5 Å². The van der Waals surface area contributed by atoms with Gasteiger partial charge in [-0.15, -0.1) is 11.3 Å². The lowest BCUT2D eigenvalue weighted by molar-refractivity contribution is -0.152. The van der Waals surface area contributed by atoms with Crippen LogP contribution < -0.4 is 11.2 Å². The fraction of sp³-hybridized carbons (Fsp3) is 0.533. The number of aromatic amines is 1. The number of carbonyl (C=O) groups is 1. The van der Waals surface area contributed by atoms with Crippen molar-refractivity contribution in [2.45, 2.75) is 46.6 Å². The summed E-state index contributed by atoms with van der Waals surface area (Å²) in [4.78, 5) is 41.6. The highest BCUT2D eigenvalue weighted by Crippen LogP contribution is 2.27. The number of aromatic nitrogens is 2. The lowest BCUT2D eigenvalue weighted by Crippen LogP contribution is -2.51. The number of hydrogen-bond acceptors (Lipinski definition) is 5. The maximum Gasteiger partial charge on any atom is 0.332 e. The molecule has 0 radical (unpaired) electrons. The van der Waals surface area contributed by atoms with Gasteiger partial charge in [0.2, 0.25) is 0 Å². The standard InChI is InChI=1S/C15H20N2O4S/c1-6-9-8(3)22-11-10(9)12(18)17(14(20)16-11)15(4,5)13(19)21-7-2/h6-7H2,1-5H3,(H,16,20). The summed E-state index contributed by atoms with van der Waals surface area (Å²) in [6.07, 6.45) is 0.687. The predicted octanol–water partition coefficient (Wildman–Crippen LogP) is 1.92. The van der Waals surface area contributed by atoms with E-state index in [1.54, 1.807) is 6.92 Å². The molecule has 0 aromatic carbocycles. The Morgan fingerprint density at radius 1 is 1.32 bits per heavy atom. The minimum Gasteiger partial charge on any atom is -0.464 e. The second kappa shape index (κ2) is 5.72. The van der Waals surface area contributed by atoms with E-state index in [2.05, 4.69) is 4.98 Å². The second-order valence-electron chi connectivity index (χ2n) is 5.54. The SMILES string of the molecule is CCOC(=O)C(C)(C)n1c(=O)[nH]c2sc(C)c(CC)c2c1=O. The number of nitrogens with zero attached hydrogens (tertiary/aromatic N) is 1. The third-order valence-corrected chi connectivity index (χ3v) is 4.80. The Balaban J connectivity index is 2.83. The summed E-state index contributed by atoms with van der Waals surface area (Å²) >= 11 is 1.38. The van der Waals surface area contributed by atoms with E-state index in [0.717, 1.165) is 15.0 Å². The van der Waals surface area contributed by atoms with Crippen molar-refractivity contribution >= 4 is 27.5 Å². The van der Waals surface area contributed by atoms with Crippen molar-refractivity contribution in [3.8, 4) is 0 Å². The highest BCUT2D eigenvalue weighted by atomic mass is 32.1. The van der Waals surface area contributed by atoms with Gasteiger partial charge in [0, 0.05) is 4.88 Å². The Kier molecular flexibility index (Phi) is 4.28. The predicted molar refractivity (Wildman–Crippen MR) is 86.8 cm³/mol. The molecule has 0 atom stereocenters. The van der Waals surface area contributed by atoms with Crippen LogP contribution in [0.25, 0.3) is 10.2 Å². The molecule has 2 aromatic heterocycles. The van der Waals surface area contributed by atoms with Gasteiger partial charge in [-0.05, 0) is 39.7 Å². The molecule has 0 saturated heterocycles. The van der Waals surface area contributed by atoms with Crippen LogP contribution in [0.1, 0.15) is 38.1 Å². The number of carbonyl (C=O) groups excluding carboxylic acids is 1. The molecule has 0 spiro atoms. The van der Waals surface area contributed by atoms with Gasteiger partial charge in [-0.25, -0.2) is 14.2 Å². The number of ether oxygens (including phenoxy) is 1. The van der Waals surface area contributed by atoms with Gasteiger partial charge in [0.15, 0.2) is 0 Å². The molecule has 0 bridgehead atoms. The summed E-state index contributed by atoms with van der Waals surface area (Å²) < 4.78 is 5.95. The first-order valence-corrected chi connectivity index (χ1v) is 8.02. The molecular weight excluding hydrogens is 304 g/mol. The zero-order chi connectivity index (χ0) is 16.7. The van der Waals surface area contributed by atoms with Crippen LogP contribution in [0.5, 0.6) is 0 Å². The number of H-pyrrole nitrogens is 1. The Hall–Kier alpha value is -1.89. The van der Waals surface area contributed by atoms with Crippen molar-refractivity contribution in [2.75, 3.05) is 6.61 Å². The molecule has 0 amide bonds. The van der Waals surface area contributed by atoms with Crippen molar-refractivity contribution in [1.29, 1.82) is 0 Å². The fourth-order valence-corrected chi connectivity index (χ4v) is 3.71. The van der Waals surface area contributed by atoms with Gasteiger partial charge in [-0.1, -0.05) is 6.92 Å². The Morgan fingerprint density at radius 2 is 1.95 bits per heavy atom. The maximum absolute atomic E-state index is 12.8. The Bertz CT molecular complexity index is 842. The van der Waals surface area contributed by atoms with Gasteiger partial charge in [0.05, 0.1) is 12.0 Å². The number of hydrogen-bond donors (Lipinski definition) is 1. The van der Waals surface area contributed by atoms with Crippen LogP contribution >= 0.6 is 11.3 Å². The highest BCUT2D eigenvalue weighted by molar-refractivity contribution is 7.18. The Morgan fingerprint density at radius 3 is 2.50 bits per heavy atom. The van der Waals surface area contributed by atoms with E-state index in [0.29, 0.717) is 16.6 Å². The van der Waals surface area contributed by atoms with Crippen LogP contribution in [0.15, 0.2) is 9.59 Å². The summed E-state index contributed by atoms with van der Waals surface area (Å²) in [6.45, 7) is 8.77. The van der Waals surface area contributed by atoms with Gasteiger partial charge >= 0.3 is 11.7 Å². The van der Waals surface area contributed by atoms with E-state index in [-0.39, 0.29) is 6.61 Å². The number of rotatable bonds is 4. The Labute approximate surface area is 131 Å². The van der Waals surface area contributed by atoms with Crippen molar-refractivity contribution < 1.29 is 9.53 Å². The van der Waals surface area contributed by atoms with E-state index >= 15 is 0 Å². The molecule has 0 saturated carbocycles. The van der Waals surface area contributed by atoms with Crippen LogP contribution in [0.4, 0.5) is 0 Å². The second-order valence-corrected chi connectivity index (χ2v) is 6.77. The topological polar surface area (TPSA) is 81.2 Å². The largest absolute Gasteiger partial charge is 0.464 e. The van der Waals surface area contributed by atoms with Gasteiger partial charge in [-0.3, -0.25) is 9.78 Å². The third kappa shape index (κ3) is 2.39. The first-order chi connectivity index (χ1) is 10.3. The van der Waals surface area contributed by atoms with E-state index < -0.39 is 22.8 Å². The van der Waals surface area contributed by atoms with Crippen LogP contribution in [0.2, 0.25) is 0 Å². The van der Waals surface area contributed by atoms with Crippen molar-refractivity contribution in [1.82, 2.24) is 9.55 Å². The first-order valence-electron chi connectivity index (χ1n) is 7.20. The van der Waals surface area contributed by atoms with E-state index in [1.165, 1.54) is 25.2 Å². The number of fused-ring (bicyclic) bond motifs is 1. The van der Waals surface area contributed by atoms with E-state index in [4.69, 9.17) is 4.74 Å². The molecular formula is C15H20N2O4S. The molecule has 22 heavy (non-hydrogen) atoms. The smallest absolute Gasteiger partial charge is 0.332 e. The molecule has 2 heterocycles. The average Bonchev–Trinajstić information content (AvgIpc) is 2.74. The van der Waals surface area contributed by atoms with Crippen molar-refractivity contribution in [2.24, 2.45) is 0 Å². The first kappa shape index (κ1) is 16.5. The summed E-state index contributed by atoms with van der Waals surface area (Å²) in [5.41, 5.74) is -1.50. The minimum atomic E-state index is -1.37. The number of aryl methyl sites for hydroxylation is 2. The van der Waals surface area contributed by atoms with Gasteiger partial charge in [-0.2, -0.15) is 0 Å². The zero-order valence-corrected chi connectivity index (χ0v) is 14.2. The molecule has 0 fully saturated rings. The molecule has 2 rings (SSSR count). The maximum atomic E-state index is 12.8. The number of thiophene rings is 1.